The van der Waals surface area contributed by atoms with Gasteiger partial charge in [0.25, 0.3) is 0 Å². The van der Waals surface area contributed by atoms with Crippen molar-refractivity contribution in [3.05, 3.63) is 93.0 Å². The van der Waals surface area contributed by atoms with Crippen LogP contribution in [0.5, 0.6) is 0 Å². The van der Waals surface area contributed by atoms with Gasteiger partial charge < -0.3 is 0 Å². The van der Waals surface area contributed by atoms with E-state index in [2.05, 4.69) is 30.3 Å². The summed E-state index contributed by atoms with van der Waals surface area (Å²) in [5, 5.41) is 5.03. The van der Waals surface area contributed by atoms with Crippen LogP contribution < -0.4 is 0 Å². The Kier molecular flexibility index (Phi) is 5.15. The molecule has 0 radical (unpaired) electrons. The third-order valence-corrected chi connectivity index (χ3v) is 7.05. The first-order valence-corrected chi connectivity index (χ1v) is 11.0. The molecule has 0 nitrogen and oxygen atoms in total. The fourth-order valence-corrected chi connectivity index (χ4v) is 5.36. The van der Waals surface area contributed by atoms with Crippen molar-refractivity contribution in [3.63, 3.8) is 0 Å². The first-order valence-electron chi connectivity index (χ1n) is 10.3. The van der Waals surface area contributed by atoms with Gasteiger partial charge in [0, 0.05) is 10.4 Å². The highest BCUT2D eigenvalue weighted by molar-refractivity contribution is 6.36. The minimum atomic E-state index is -4.44. The summed E-state index contributed by atoms with van der Waals surface area (Å²) in [4.78, 5) is 0. The average molecular weight is 459 g/mol. The van der Waals surface area contributed by atoms with Crippen LogP contribution in [0.25, 0.3) is 21.5 Å². The van der Waals surface area contributed by atoms with E-state index in [1.165, 1.54) is 34.0 Å². The van der Waals surface area contributed by atoms with Gasteiger partial charge in [-0.05, 0) is 82.6 Å². The molecule has 0 amide bonds. The Bertz CT molecular complexity index is 1310. The smallest absolute Gasteiger partial charge is 0.166 e. The van der Waals surface area contributed by atoms with Crippen molar-refractivity contribution in [2.75, 3.05) is 0 Å². The Morgan fingerprint density at radius 1 is 0.806 bits per heavy atom. The molecule has 5 rings (SSSR count). The molecule has 0 saturated heterocycles. The minimum absolute atomic E-state index is 0.248. The zero-order valence-corrected chi connectivity index (χ0v) is 18.1. The highest BCUT2D eigenvalue weighted by Gasteiger charge is 2.33. The monoisotopic (exact) mass is 458 g/mol. The van der Waals surface area contributed by atoms with E-state index < -0.39 is 11.7 Å². The van der Waals surface area contributed by atoms with Crippen molar-refractivity contribution < 1.29 is 13.2 Å². The highest BCUT2D eigenvalue weighted by Crippen LogP contribution is 2.39. The summed E-state index contributed by atoms with van der Waals surface area (Å²) in [5.74, 6) is 0.287. The fraction of sp³-hybridized carbons (Fsp3) is 0.231. The zero-order valence-electron chi connectivity index (χ0n) is 16.6. The van der Waals surface area contributed by atoms with Crippen LogP contribution in [0.15, 0.2) is 60.7 Å². The van der Waals surface area contributed by atoms with Crippen molar-refractivity contribution in [1.29, 1.82) is 0 Å². The van der Waals surface area contributed by atoms with Crippen molar-refractivity contribution in [2.45, 2.75) is 31.9 Å². The number of alkyl halides is 3. The number of hydrogen-bond acceptors (Lipinski definition) is 0. The summed E-state index contributed by atoms with van der Waals surface area (Å²) in [6.45, 7) is 0. The summed E-state index contributed by atoms with van der Waals surface area (Å²) in [6.07, 6.45) is -1.09. The molecule has 0 N–H and O–H groups in total. The van der Waals surface area contributed by atoms with E-state index in [9.17, 15) is 13.2 Å². The zero-order chi connectivity index (χ0) is 21.8. The van der Waals surface area contributed by atoms with Crippen LogP contribution in [0.3, 0.4) is 0 Å². The van der Waals surface area contributed by atoms with Gasteiger partial charge in [0.2, 0.25) is 0 Å². The number of benzene rings is 4. The Hall–Kier alpha value is -2.23. The highest BCUT2D eigenvalue weighted by atomic mass is 35.5. The number of hydrogen-bond donors (Lipinski definition) is 0. The average Bonchev–Trinajstić information content (AvgIpc) is 2.74. The summed E-state index contributed by atoms with van der Waals surface area (Å²) in [7, 11) is 0. The number of rotatable bonds is 2. The summed E-state index contributed by atoms with van der Waals surface area (Å²) >= 11 is 12.2. The maximum absolute atomic E-state index is 13.2. The fourth-order valence-electron chi connectivity index (χ4n) is 4.89. The lowest BCUT2D eigenvalue weighted by Crippen LogP contribution is -2.17. The van der Waals surface area contributed by atoms with E-state index in [4.69, 9.17) is 23.2 Å². The van der Waals surface area contributed by atoms with Gasteiger partial charge in [-0.1, -0.05) is 65.7 Å². The molecule has 0 bridgehead atoms. The van der Waals surface area contributed by atoms with Gasteiger partial charge in [0.1, 0.15) is 0 Å². The predicted octanol–water partition coefficient (Wildman–Crippen LogP) is 8.67. The molecule has 1 aliphatic carbocycles. The molecule has 0 heterocycles. The molecule has 158 valence electrons. The molecule has 1 atom stereocenters. The molecule has 31 heavy (non-hydrogen) atoms. The lowest BCUT2D eigenvalue weighted by Gasteiger charge is -2.27. The molecule has 0 aromatic heterocycles. The van der Waals surface area contributed by atoms with E-state index in [1.807, 2.05) is 12.1 Å². The van der Waals surface area contributed by atoms with Crippen LogP contribution in [0, 0.1) is 5.92 Å². The van der Waals surface area contributed by atoms with Crippen LogP contribution in [0.2, 0.25) is 10.0 Å². The van der Waals surface area contributed by atoms with Crippen LogP contribution >= 0.6 is 23.2 Å². The largest absolute Gasteiger partial charge is 0.417 e. The first-order chi connectivity index (χ1) is 14.8. The Morgan fingerprint density at radius 3 is 2.35 bits per heavy atom. The van der Waals surface area contributed by atoms with Crippen molar-refractivity contribution in [2.24, 2.45) is 5.92 Å². The Labute approximate surface area is 188 Å². The van der Waals surface area contributed by atoms with Crippen LogP contribution in [-0.2, 0) is 25.4 Å². The summed E-state index contributed by atoms with van der Waals surface area (Å²) in [5.41, 5.74) is 2.57. The van der Waals surface area contributed by atoms with Crippen LogP contribution in [0.4, 0.5) is 13.2 Å². The second kappa shape index (κ2) is 7.72. The van der Waals surface area contributed by atoms with E-state index in [-0.39, 0.29) is 10.9 Å². The molecule has 0 aliphatic heterocycles. The first kappa shape index (κ1) is 20.7. The molecule has 5 heteroatoms. The minimum Gasteiger partial charge on any atom is -0.166 e. The van der Waals surface area contributed by atoms with E-state index in [0.29, 0.717) is 12.0 Å². The number of fused-ring (bicyclic) bond motifs is 5. The van der Waals surface area contributed by atoms with Crippen molar-refractivity contribution >= 4 is 44.7 Å². The molecule has 0 saturated carbocycles. The normalized spacial score (nSPS) is 16.6. The number of aryl methyl sites for hydroxylation is 1. The predicted molar refractivity (Wildman–Crippen MR) is 122 cm³/mol. The molecule has 1 unspecified atom stereocenters. The summed E-state index contributed by atoms with van der Waals surface area (Å²) in [6, 6.07) is 18.8. The number of halogens is 5. The van der Waals surface area contributed by atoms with E-state index >= 15 is 0 Å². The molecule has 4 aromatic carbocycles. The topological polar surface area (TPSA) is 0 Å². The maximum Gasteiger partial charge on any atom is 0.417 e. The van der Waals surface area contributed by atoms with Crippen LogP contribution in [-0.4, -0.2) is 0 Å². The molecule has 0 fully saturated rings. The van der Waals surface area contributed by atoms with Gasteiger partial charge in [-0.3, -0.25) is 0 Å². The van der Waals surface area contributed by atoms with Crippen molar-refractivity contribution in [3.8, 4) is 0 Å². The third-order valence-electron chi connectivity index (χ3n) is 6.39. The van der Waals surface area contributed by atoms with Gasteiger partial charge in [0.15, 0.2) is 0 Å². The second-order valence-electron chi connectivity index (χ2n) is 8.32. The summed E-state index contributed by atoms with van der Waals surface area (Å²) < 4.78 is 39.7. The van der Waals surface area contributed by atoms with Gasteiger partial charge in [-0.15, -0.1) is 0 Å². The van der Waals surface area contributed by atoms with E-state index in [0.717, 1.165) is 35.1 Å². The second-order valence-corrected chi connectivity index (χ2v) is 9.14. The SMILES string of the molecule is FC(F)(F)c1cc(CC2CCc3ccc4c(ccc5c(Cl)cccc54)c3C2)ccc1Cl. The van der Waals surface area contributed by atoms with E-state index in [1.54, 1.807) is 6.07 Å². The van der Waals surface area contributed by atoms with Crippen LogP contribution in [0.1, 0.15) is 28.7 Å². The standard InChI is InChI=1S/C26H19Cl2F3/c27-24-3-1-2-18-19-8-7-17-6-4-15(13-22(17)20(19)9-10-21(18)24)12-16-5-11-25(28)23(14-16)26(29,30)31/h1-3,5,7-11,14-15H,4,6,12-13H2. The molecular weight excluding hydrogens is 440 g/mol. The lowest BCUT2D eigenvalue weighted by atomic mass is 9.78. The Morgan fingerprint density at radius 2 is 1.55 bits per heavy atom. The van der Waals surface area contributed by atoms with Gasteiger partial charge in [-0.25, -0.2) is 0 Å². The third kappa shape index (κ3) is 3.79. The Balaban J connectivity index is 1.50. The molecule has 0 spiro atoms. The lowest BCUT2D eigenvalue weighted by molar-refractivity contribution is -0.137. The van der Waals surface area contributed by atoms with Gasteiger partial charge in [0.05, 0.1) is 10.6 Å². The maximum atomic E-state index is 13.2. The van der Waals surface area contributed by atoms with Crippen molar-refractivity contribution in [1.82, 2.24) is 0 Å². The molecular formula is C26H19Cl2F3. The quantitative estimate of drug-likeness (QED) is 0.263. The molecule has 1 aliphatic rings. The molecule has 4 aromatic rings. The van der Waals surface area contributed by atoms with Gasteiger partial charge >= 0.3 is 6.18 Å². The van der Waals surface area contributed by atoms with Gasteiger partial charge in [-0.2, -0.15) is 13.2 Å².